The number of urea groups is 1. The molecule has 2 amide bonds. The zero-order valence-corrected chi connectivity index (χ0v) is 9.89. The highest BCUT2D eigenvalue weighted by Crippen LogP contribution is 2.25. The molecule has 0 saturated heterocycles. The first-order valence-electron chi connectivity index (χ1n) is 5.09. The maximum absolute atomic E-state index is 11.6. The Morgan fingerprint density at radius 3 is 2.36 bits per heavy atom. The van der Waals surface area contributed by atoms with Crippen molar-refractivity contribution in [3.05, 3.63) is 0 Å². The molecule has 1 fully saturated rings. The third-order valence-corrected chi connectivity index (χ3v) is 3.37. The van der Waals surface area contributed by atoms with Gasteiger partial charge in [0.05, 0.1) is 6.04 Å². The van der Waals surface area contributed by atoms with Crippen molar-refractivity contribution in [2.45, 2.75) is 45.1 Å². The van der Waals surface area contributed by atoms with Gasteiger partial charge in [0.25, 0.3) is 0 Å². The normalized spacial score (nSPS) is 17.9. The molecule has 0 atom stereocenters. The Kier molecular flexibility index (Phi) is 4.82. The van der Waals surface area contributed by atoms with Gasteiger partial charge in [-0.05, 0) is 19.8 Å². The minimum atomic E-state index is -0.303. The number of nitrogens with zero attached hydrogens (tertiary/aromatic N) is 2. The van der Waals surface area contributed by atoms with Gasteiger partial charge >= 0.3 is 6.03 Å². The van der Waals surface area contributed by atoms with E-state index in [1.807, 2.05) is 6.92 Å². The summed E-state index contributed by atoms with van der Waals surface area (Å²) in [6, 6.07) is -0.145. The van der Waals surface area contributed by atoms with Gasteiger partial charge in [0.15, 0.2) is 0 Å². The molecule has 0 radical (unpaired) electrons. The summed E-state index contributed by atoms with van der Waals surface area (Å²) in [6.45, 7) is 2.28. The average molecular weight is 239 g/mol. The maximum atomic E-state index is 11.6. The molecule has 1 rings (SSSR count). The predicted octanol–water partition coefficient (Wildman–Crippen LogP) is 3.37. The Morgan fingerprint density at radius 2 is 1.86 bits per heavy atom. The van der Waals surface area contributed by atoms with Gasteiger partial charge in [-0.3, -0.25) is 0 Å². The van der Waals surface area contributed by atoms with E-state index in [9.17, 15) is 4.79 Å². The first-order chi connectivity index (χ1) is 6.66. The lowest BCUT2D eigenvalue weighted by Gasteiger charge is -2.30. The summed E-state index contributed by atoms with van der Waals surface area (Å²) in [5, 5.41) is 0. The summed E-state index contributed by atoms with van der Waals surface area (Å²) in [7, 11) is 0. The fourth-order valence-electron chi connectivity index (χ4n) is 1.70. The number of rotatable bonds is 2. The number of amides is 2. The molecule has 1 aliphatic carbocycles. The van der Waals surface area contributed by atoms with Crippen LogP contribution in [0.4, 0.5) is 4.79 Å². The van der Waals surface area contributed by atoms with Crippen molar-refractivity contribution in [2.24, 2.45) is 0 Å². The number of hydrogen-bond acceptors (Lipinski definition) is 1. The molecule has 0 unspecified atom stereocenters. The minimum absolute atomic E-state index is 0.158. The van der Waals surface area contributed by atoms with E-state index >= 15 is 0 Å². The Balaban J connectivity index is 2.45. The van der Waals surface area contributed by atoms with Gasteiger partial charge in [-0.2, -0.15) is 0 Å². The summed E-state index contributed by atoms with van der Waals surface area (Å²) in [6.07, 6.45) is 5.52. The van der Waals surface area contributed by atoms with Gasteiger partial charge in [0.1, 0.15) is 0 Å². The van der Waals surface area contributed by atoms with Crippen LogP contribution in [0.1, 0.15) is 39.0 Å². The van der Waals surface area contributed by atoms with Crippen molar-refractivity contribution in [1.29, 1.82) is 0 Å². The van der Waals surface area contributed by atoms with Crippen LogP contribution in [0.2, 0.25) is 0 Å². The second-order valence-electron chi connectivity index (χ2n) is 3.56. The third kappa shape index (κ3) is 2.92. The SMILES string of the molecule is CCN(Cl)C(=O)N(Cl)C1CCCCC1. The van der Waals surface area contributed by atoms with E-state index in [4.69, 9.17) is 23.6 Å². The lowest BCUT2D eigenvalue weighted by molar-refractivity contribution is 0.185. The van der Waals surface area contributed by atoms with Crippen LogP contribution >= 0.6 is 23.6 Å². The zero-order chi connectivity index (χ0) is 10.6. The van der Waals surface area contributed by atoms with E-state index < -0.39 is 0 Å². The van der Waals surface area contributed by atoms with Crippen LogP contribution < -0.4 is 0 Å². The number of halogens is 2. The standard InChI is InChI=1S/C9H16Cl2N2O/c1-2-12(10)9(14)13(11)8-6-4-3-5-7-8/h8H,2-7H2,1H3. The van der Waals surface area contributed by atoms with Crippen LogP contribution in [0.25, 0.3) is 0 Å². The Bertz CT molecular complexity index is 195. The molecule has 0 aromatic heterocycles. The first kappa shape index (κ1) is 11.9. The van der Waals surface area contributed by atoms with Crippen LogP contribution in [-0.2, 0) is 0 Å². The van der Waals surface area contributed by atoms with Crippen LogP contribution in [-0.4, -0.2) is 27.5 Å². The van der Waals surface area contributed by atoms with Crippen molar-refractivity contribution in [2.75, 3.05) is 6.54 Å². The largest absolute Gasteiger partial charge is 0.349 e. The fourth-order valence-corrected chi connectivity index (χ4v) is 2.11. The number of hydrogen-bond donors (Lipinski definition) is 0. The molecule has 1 aliphatic rings. The van der Waals surface area contributed by atoms with E-state index in [1.165, 1.54) is 10.8 Å². The van der Waals surface area contributed by atoms with Crippen LogP contribution in [0.5, 0.6) is 0 Å². The third-order valence-electron chi connectivity index (χ3n) is 2.56. The molecular weight excluding hydrogens is 223 g/mol. The minimum Gasteiger partial charge on any atom is -0.246 e. The van der Waals surface area contributed by atoms with Crippen molar-refractivity contribution in [1.82, 2.24) is 8.84 Å². The molecule has 0 spiro atoms. The number of carbonyl (C=O) groups is 1. The van der Waals surface area contributed by atoms with Gasteiger partial charge in [0, 0.05) is 30.1 Å². The van der Waals surface area contributed by atoms with Crippen molar-refractivity contribution in [3.63, 3.8) is 0 Å². The Hall–Kier alpha value is -0.150. The summed E-state index contributed by atoms with van der Waals surface area (Å²) >= 11 is 11.6. The van der Waals surface area contributed by atoms with Gasteiger partial charge in [-0.25, -0.2) is 13.6 Å². The predicted molar refractivity (Wildman–Crippen MR) is 58.2 cm³/mol. The van der Waals surface area contributed by atoms with Crippen molar-refractivity contribution < 1.29 is 4.79 Å². The molecular formula is C9H16Cl2N2O. The summed E-state index contributed by atoms with van der Waals surface area (Å²) in [5.41, 5.74) is 0. The molecule has 1 saturated carbocycles. The lowest BCUT2D eigenvalue weighted by atomic mass is 9.96. The molecule has 0 heterocycles. The van der Waals surface area contributed by atoms with Crippen molar-refractivity contribution in [3.8, 4) is 0 Å². The molecule has 0 N–H and O–H groups in total. The quantitative estimate of drug-likeness (QED) is 0.677. The summed E-state index contributed by atoms with van der Waals surface area (Å²) in [4.78, 5) is 11.6. The smallest absolute Gasteiger partial charge is 0.246 e. The Morgan fingerprint density at radius 1 is 1.29 bits per heavy atom. The molecule has 0 aromatic carbocycles. The second kappa shape index (κ2) is 5.66. The first-order valence-corrected chi connectivity index (χ1v) is 5.76. The maximum Gasteiger partial charge on any atom is 0.349 e. The van der Waals surface area contributed by atoms with Crippen LogP contribution in [0.15, 0.2) is 0 Å². The molecule has 0 bridgehead atoms. The van der Waals surface area contributed by atoms with Crippen LogP contribution in [0.3, 0.4) is 0 Å². The lowest BCUT2D eigenvalue weighted by Crippen LogP contribution is -2.39. The van der Waals surface area contributed by atoms with Crippen molar-refractivity contribution >= 4 is 29.6 Å². The van der Waals surface area contributed by atoms with E-state index in [0.29, 0.717) is 6.54 Å². The fraction of sp³-hybridized carbons (Fsp3) is 0.889. The molecule has 0 aliphatic heterocycles. The molecule has 5 heteroatoms. The average Bonchev–Trinajstić information content (AvgIpc) is 2.27. The van der Waals surface area contributed by atoms with Gasteiger partial charge in [-0.1, -0.05) is 19.3 Å². The molecule has 14 heavy (non-hydrogen) atoms. The zero-order valence-electron chi connectivity index (χ0n) is 8.38. The van der Waals surface area contributed by atoms with E-state index in [1.54, 1.807) is 0 Å². The van der Waals surface area contributed by atoms with Gasteiger partial charge in [0.2, 0.25) is 0 Å². The second-order valence-corrected chi connectivity index (χ2v) is 4.34. The highest BCUT2D eigenvalue weighted by atomic mass is 35.5. The topological polar surface area (TPSA) is 23.6 Å². The van der Waals surface area contributed by atoms with E-state index in [-0.39, 0.29) is 12.1 Å². The van der Waals surface area contributed by atoms with Gasteiger partial charge in [-0.15, -0.1) is 0 Å². The molecule has 3 nitrogen and oxygen atoms in total. The van der Waals surface area contributed by atoms with Gasteiger partial charge < -0.3 is 0 Å². The highest BCUT2D eigenvalue weighted by molar-refractivity contribution is 6.27. The number of carbonyl (C=O) groups excluding carboxylic acids is 1. The molecule has 0 aromatic rings. The van der Waals surface area contributed by atoms with Crippen LogP contribution in [0, 0.1) is 0 Å². The Labute approximate surface area is 95.2 Å². The van der Waals surface area contributed by atoms with E-state index in [2.05, 4.69) is 0 Å². The molecule has 82 valence electrons. The van der Waals surface area contributed by atoms with E-state index in [0.717, 1.165) is 30.1 Å². The summed E-state index contributed by atoms with van der Waals surface area (Å²) < 4.78 is 2.37. The highest BCUT2D eigenvalue weighted by Gasteiger charge is 2.26. The monoisotopic (exact) mass is 238 g/mol. The summed E-state index contributed by atoms with van der Waals surface area (Å²) in [5.74, 6) is 0.